The van der Waals surface area contributed by atoms with Gasteiger partial charge in [-0.3, -0.25) is 9.71 Å². The molecule has 1 atom stereocenters. The lowest BCUT2D eigenvalue weighted by Gasteiger charge is -2.35. The topological polar surface area (TPSA) is 101 Å². The fourth-order valence-electron chi connectivity index (χ4n) is 3.84. The summed E-state index contributed by atoms with van der Waals surface area (Å²) in [6.07, 6.45) is 1.56. The predicted molar refractivity (Wildman–Crippen MR) is 135 cm³/mol. The average Bonchev–Trinajstić information content (AvgIpc) is 2.82. The van der Waals surface area contributed by atoms with Crippen molar-refractivity contribution in [3.63, 3.8) is 0 Å². The van der Waals surface area contributed by atoms with Gasteiger partial charge in [0.1, 0.15) is 4.90 Å². The van der Waals surface area contributed by atoms with E-state index in [9.17, 15) is 13.2 Å². The van der Waals surface area contributed by atoms with Crippen LogP contribution in [0.1, 0.15) is 25.5 Å². The Morgan fingerprint density at radius 1 is 1.21 bits per heavy atom. The van der Waals surface area contributed by atoms with Crippen LogP contribution in [0.15, 0.2) is 77.0 Å². The van der Waals surface area contributed by atoms with Gasteiger partial charge in [0.05, 0.1) is 23.7 Å². The first-order valence-electron chi connectivity index (χ1n) is 10.6. The number of hydrogen-bond acceptors (Lipinski definition) is 6. The van der Waals surface area contributed by atoms with Crippen molar-refractivity contribution in [2.45, 2.75) is 24.8 Å². The van der Waals surface area contributed by atoms with Crippen molar-refractivity contribution in [1.29, 1.82) is 0 Å². The zero-order valence-electron chi connectivity index (χ0n) is 18.9. The molecule has 10 heteroatoms. The van der Waals surface area contributed by atoms with E-state index in [0.29, 0.717) is 33.2 Å². The number of ether oxygens (including phenoxy) is 1. The SMILES string of the molecule is CCOC(=O)C1=C(C)N(C)C(=S)NC1c1cccc(NS(=O)(=O)c2cccc3cccnc23)c1. The highest BCUT2D eigenvalue weighted by molar-refractivity contribution is 7.93. The maximum atomic E-state index is 13.2. The molecule has 0 saturated carbocycles. The number of aromatic nitrogens is 1. The minimum atomic E-state index is -3.93. The van der Waals surface area contributed by atoms with Crippen LogP contribution >= 0.6 is 12.2 Å². The van der Waals surface area contributed by atoms with E-state index in [1.54, 1.807) is 68.4 Å². The molecule has 1 aromatic heterocycles. The number of benzene rings is 2. The minimum Gasteiger partial charge on any atom is -0.463 e. The molecule has 0 spiro atoms. The van der Waals surface area contributed by atoms with Crippen LogP contribution in [-0.4, -0.2) is 43.0 Å². The summed E-state index contributed by atoms with van der Waals surface area (Å²) in [5.41, 5.74) is 2.47. The van der Waals surface area contributed by atoms with E-state index in [1.807, 2.05) is 12.1 Å². The lowest BCUT2D eigenvalue weighted by molar-refractivity contribution is -0.139. The second kappa shape index (κ2) is 9.40. The van der Waals surface area contributed by atoms with Crippen LogP contribution in [0.25, 0.3) is 10.9 Å². The molecule has 1 aliphatic rings. The number of anilines is 1. The Morgan fingerprint density at radius 2 is 1.94 bits per heavy atom. The molecular formula is C24H24N4O4S2. The summed E-state index contributed by atoms with van der Waals surface area (Å²) in [7, 11) is -2.16. The Hall–Kier alpha value is -3.50. The van der Waals surface area contributed by atoms with Gasteiger partial charge in [-0.1, -0.05) is 30.3 Å². The fourth-order valence-corrected chi connectivity index (χ4v) is 5.33. The van der Waals surface area contributed by atoms with Crippen molar-refractivity contribution in [2.24, 2.45) is 0 Å². The first kappa shape index (κ1) is 23.7. The summed E-state index contributed by atoms with van der Waals surface area (Å²) in [6.45, 7) is 3.77. The van der Waals surface area contributed by atoms with Crippen molar-refractivity contribution in [3.8, 4) is 0 Å². The van der Waals surface area contributed by atoms with Gasteiger partial charge >= 0.3 is 5.97 Å². The second-order valence-electron chi connectivity index (χ2n) is 7.72. The highest BCUT2D eigenvalue weighted by Gasteiger charge is 2.33. The molecule has 0 amide bonds. The highest BCUT2D eigenvalue weighted by Crippen LogP contribution is 2.32. The van der Waals surface area contributed by atoms with E-state index in [-0.39, 0.29) is 11.5 Å². The molecule has 0 bridgehead atoms. The van der Waals surface area contributed by atoms with Crippen LogP contribution in [0.2, 0.25) is 0 Å². The Morgan fingerprint density at radius 3 is 2.71 bits per heavy atom. The number of carbonyl (C=O) groups excluding carboxylic acids is 1. The molecule has 176 valence electrons. The first-order valence-corrected chi connectivity index (χ1v) is 12.5. The standard InChI is InChI=1S/C24H24N4O4S2/c1-4-32-23(29)20-15(2)28(3)24(33)26-22(20)17-9-5-11-18(14-17)27-34(30,31)19-12-6-8-16-10-7-13-25-21(16)19/h5-14,22,27H,4H2,1-3H3,(H,26,33). The molecule has 1 unspecified atom stereocenters. The molecule has 8 nitrogen and oxygen atoms in total. The van der Waals surface area contributed by atoms with Crippen LogP contribution < -0.4 is 10.0 Å². The number of nitrogens with one attached hydrogen (secondary N) is 2. The van der Waals surface area contributed by atoms with Crippen LogP contribution in [-0.2, 0) is 19.6 Å². The third-order valence-electron chi connectivity index (χ3n) is 5.61. The Bertz CT molecular complexity index is 1410. The first-order chi connectivity index (χ1) is 16.2. The summed E-state index contributed by atoms with van der Waals surface area (Å²) in [5.74, 6) is -0.459. The van der Waals surface area contributed by atoms with E-state index in [0.717, 1.165) is 5.39 Å². The van der Waals surface area contributed by atoms with Crippen molar-refractivity contribution >= 4 is 49.9 Å². The van der Waals surface area contributed by atoms with E-state index < -0.39 is 22.0 Å². The number of esters is 1. The molecule has 0 radical (unpaired) electrons. The van der Waals surface area contributed by atoms with Crippen LogP contribution in [0, 0.1) is 0 Å². The predicted octanol–water partition coefficient (Wildman–Crippen LogP) is 3.73. The number of fused-ring (bicyclic) bond motifs is 1. The number of pyridine rings is 1. The number of para-hydroxylation sites is 1. The van der Waals surface area contributed by atoms with Gasteiger partial charge in [-0.05, 0) is 55.9 Å². The summed E-state index contributed by atoms with van der Waals surface area (Å²) in [6, 6.07) is 14.8. The molecule has 34 heavy (non-hydrogen) atoms. The summed E-state index contributed by atoms with van der Waals surface area (Å²) < 4.78 is 34.4. The molecule has 4 rings (SSSR count). The average molecular weight is 497 g/mol. The quantitative estimate of drug-likeness (QED) is 0.393. The number of nitrogens with zero attached hydrogens (tertiary/aromatic N) is 2. The highest BCUT2D eigenvalue weighted by atomic mass is 32.2. The Labute approximate surface area is 203 Å². The van der Waals surface area contributed by atoms with Crippen molar-refractivity contribution < 1.29 is 17.9 Å². The Balaban J connectivity index is 1.71. The van der Waals surface area contributed by atoms with E-state index in [2.05, 4.69) is 15.0 Å². The zero-order chi connectivity index (χ0) is 24.5. The summed E-state index contributed by atoms with van der Waals surface area (Å²) >= 11 is 5.43. The van der Waals surface area contributed by atoms with Gasteiger partial charge in [-0.25, -0.2) is 13.2 Å². The number of rotatable bonds is 6. The lowest BCUT2D eigenvalue weighted by Crippen LogP contribution is -2.46. The van der Waals surface area contributed by atoms with Crippen molar-refractivity contribution in [2.75, 3.05) is 18.4 Å². The summed E-state index contributed by atoms with van der Waals surface area (Å²) in [5, 5.41) is 4.33. The molecule has 0 fully saturated rings. The molecular weight excluding hydrogens is 472 g/mol. The summed E-state index contributed by atoms with van der Waals surface area (Å²) in [4.78, 5) is 18.8. The van der Waals surface area contributed by atoms with Gasteiger partial charge in [-0.15, -0.1) is 0 Å². The van der Waals surface area contributed by atoms with Crippen LogP contribution in [0.4, 0.5) is 5.69 Å². The van der Waals surface area contributed by atoms with Gasteiger partial charge in [0, 0.05) is 30.0 Å². The monoisotopic (exact) mass is 496 g/mol. The zero-order valence-corrected chi connectivity index (χ0v) is 20.5. The number of carbonyl (C=O) groups is 1. The maximum absolute atomic E-state index is 13.2. The molecule has 3 aromatic rings. The second-order valence-corrected chi connectivity index (χ2v) is 9.76. The largest absolute Gasteiger partial charge is 0.463 e. The van der Waals surface area contributed by atoms with Gasteiger partial charge in [0.15, 0.2) is 5.11 Å². The molecule has 2 N–H and O–H groups in total. The smallest absolute Gasteiger partial charge is 0.338 e. The molecule has 2 aromatic carbocycles. The third-order valence-corrected chi connectivity index (χ3v) is 7.41. The third kappa shape index (κ3) is 4.46. The minimum absolute atomic E-state index is 0.0811. The number of sulfonamides is 1. The number of thiocarbonyl (C=S) groups is 1. The van der Waals surface area contributed by atoms with E-state index in [1.165, 1.54) is 6.07 Å². The van der Waals surface area contributed by atoms with Crippen molar-refractivity contribution in [3.05, 3.63) is 77.6 Å². The molecule has 0 aliphatic carbocycles. The Kier molecular flexibility index (Phi) is 6.54. The molecule has 2 heterocycles. The normalized spacial score (nSPS) is 16.4. The van der Waals surface area contributed by atoms with Crippen LogP contribution in [0.5, 0.6) is 0 Å². The fraction of sp³-hybridized carbons (Fsp3) is 0.208. The number of hydrogen-bond donors (Lipinski definition) is 2. The maximum Gasteiger partial charge on any atom is 0.338 e. The van der Waals surface area contributed by atoms with Gasteiger partial charge in [0.25, 0.3) is 10.0 Å². The molecule has 0 saturated heterocycles. The number of allylic oxidation sites excluding steroid dienone is 1. The van der Waals surface area contributed by atoms with Crippen LogP contribution in [0.3, 0.4) is 0 Å². The molecule has 1 aliphatic heterocycles. The van der Waals surface area contributed by atoms with Gasteiger partial charge < -0.3 is 15.0 Å². The van der Waals surface area contributed by atoms with Gasteiger partial charge in [0.2, 0.25) is 0 Å². The van der Waals surface area contributed by atoms with Gasteiger partial charge in [-0.2, -0.15) is 0 Å². The van der Waals surface area contributed by atoms with E-state index >= 15 is 0 Å². The lowest BCUT2D eigenvalue weighted by atomic mass is 9.95. The van der Waals surface area contributed by atoms with Crippen molar-refractivity contribution in [1.82, 2.24) is 15.2 Å². The van der Waals surface area contributed by atoms with E-state index in [4.69, 9.17) is 17.0 Å².